The third-order valence-corrected chi connectivity index (χ3v) is 3.01. The molecule has 21 heavy (non-hydrogen) atoms. The minimum atomic E-state index is -0.423. The fraction of sp³-hybridized carbons (Fsp3) is 0.133. The molecule has 5 nitrogen and oxygen atoms in total. The van der Waals surface area contributed by atoms with Crippen LogP contribution >= 0.6 is 11.6 Å². The molecule has 6 heteroatoms. The van der Waals surface area contributed by atoms with Gasteiger partial charge in [-0.05, 0) is 30.7 Å². The van der Waals surface area contributed by atoms with E-state index in [9.17, 15) is 4.79 Å². The van der Waals surface area contributed by atoms with Gasteiger partial charge >= 0.3 is 5.97 Å². The molecule has 1 aromatic carbocycles. The summed E-state index contributed by atoms with van der Waals surface area (Å²) in [7, 11) is 0. The van der Waals surface area contributed by atoms with Gasteiger partial charge in [-0.2, -0.15) is 0 Å². The zero-order valence-corrected chi connectivity index (χ0v) is 12.2. The first-order valence-electron chi connectivity index (χ1n) is 6.32. The Hall–Kier alpha value is -2.40. The Labute approximate surface area is 127 Å². The molecule has 108 valence electrons. The van der Waals surface area contributed by atoms with Crippen molar-refractivity contribution < 1.29 is 9.53 Å². The molecule has 0 saturated carbocycles. The number of nitrogens with two attached hydrogens (primary N) is 1. The Morgan fingerprint density at radius 2 is 2.24 bits per heavy atom. The van der Waals surface area contributed by atoms with Crippen LogP contribution in [-0.4, -0.2) is 22.5 Å². The maximum atomic E-state index is 11.4. The molecular weight excluding hydrogens is 290 g/mol. The van der Waals surface area contributed by atoms with Crippen LogP contribution in [-0.2, 0) is 9.53 Å². The van der Waals surface area contributed by atoms with E-state index in [0.29, 0.717) is 34.1 Å². The van der Waals surface area contributed by atoms with Crippen LogP contribution in [0.4, 0.5) is 5.69 Å². The predicted octanol–water partition coefficient (Wildman–Crippen LogP) is 2.96. The Balaban J connectivity index is 2.37. The summed E-state index contributed by atoms with van der Waals surface area (Å²) in [5.74, 6) is -0.423. The number of carbonyl (C=O) groups is 1. The first kappa shape index (κ1) is 15.0. The van der Waals surface area contributed by atoms with Crippen LogP contribution in [0.5, 0.6) is 0 Å². The zero-order chi connectivity index (χ0) is 15.2. The molecule has 0 bridgehead atoms. The molecule has 0 amide bonds. The van der Waals surface area contributed by atoms with E-state index in [2.05, 4.69) is 9.97 Å². The summed E-state index contributed by atoms with van der Waals surface area (Å²) in [5.41, 5.74) is 8.36. The fourth-order valence-electron chi connectivity index (χ4n) is 1.73. The minimum absolute atomic E-state index is 0.324. The molecule has 0 fully saturated rings. The largest absolute Gasteiger partial charge is 0.463 e. The number of esters is 1. The van der Waals surface area contributed by atoms with Crippen molar-refractivity contribution in [3.8, 4) is 11.3 Å². The van der Waals surface area contributed by atoms with E-state index in [1.54, 1.807) is 43.7 Å². The number of anilines is 1. The molecule has 0 aliphatic rings. The molecule has 0 aliphatic heterocycles. The lowest BCUT2D eigenvalue weighted by Gasteiger charge is -2.07. The lowest BCUT2D eigenvalue weighted by molar-refractivity contribution is -0.137. The molecule has 0 spiro atoms. The van der Waals surface area contributed by atoms with Crippen LogP contribution < -0.4 is 5.73 Å². The van der Waals surface area contributed by atoms with Crippen molar-refractivity contribution in [2.75, 3.05) is 12.3 Å². The van der Waals surface area contributed by atoms with E-state index in [1.807, 2.05) is 0 Å². The second-order valence-corrected chi connectivity index (χ2v) is 4.54. The highest BCUT2D eigenvalue weighted by Crippen LogP contribution is 2.31. The quantitative estimate of drug-likeness (QED) is 0.534. The van der Waals surface area contributed by atoms with Gasteiger partial charge in [-0.25, -0.2) is 4.79 Å². The topological polar surface area (TPSA) is 78.1 Å². The number of ether oxygens (including phenoxy) is 1. The molecule has 2 aromatic rings. The Morgan fingerprint density at radius 1 is 1.43 bits per heavy atom. The highest BCUT2D eigenvalue weighted by molar-refractivity contribution is 6.33. The maximum absolute atomic E-state index is 11.4. The van der Waals surface area contributed by atoms with Crippen LogP contribution in [0.2, 0.25) is 5.02 Å². The number of rotatable bonds is 4. The molecule has 0 radical (unpaired) electrons. The van der Waals surface area contributed by atoms with Crippen LogP contribution in [0.25, 0.3) is 17.3 Å². The standard InChI is InChI=1S/C15H14ClN3O2/c1-2-21-15(20)4-3-10-7-11(12(16)8-13(10)17)14-9-18-5-6-19-14/h3-9H,2,17H2,1H3/b4-3+. The van der Waals surface area contributed by atoms with Crippen molar-refractivity contribution in [3.05, 3.63) is 47.4 Å². The predicted molar refractivity (Wildman–Crippen MR) is 82.6 cm³/mol. The summed E-state index contributed by atoms with van der Waals surface area (Å²) >= 11 is 6.18. The number of nitrogen functional groups attached to an aromatic ring is 1. The van der Waals surface area contributed by atoms with Gasteiger partial charge in [0.15, 0.2) is 0 Å². The third kappa shape index (κ3) is 3.79. The van der Waals surface area contributed by atoms with Crippen molar-refractivity contribution >= 4 is 29.3 Å². The van der Waals surface area contributed by atoms with E-state index in [1.165, 1.54) is 6.08 Å². The van der Waals surface area contributed by atoms with Gasteiger partial charge in [-0.15, -0.1) is 0 Å². The maximum Gasteiger partial charge on any atom is 0.330 e. The Morgan fingerprint density at radius 3 is 2.90 bits per heavy atom. The average molecular weight is 304 g/mol. The summed E-state index contributed by atoms with van der Waals surface area (Å²) in [6, 6.07) is 3.38. The summed E-state index contributed by atoms with van der Waals surface area (Å²) in [6.07, 6.45) is 7.68. The first-order valence-corrected chi connectivity index (χ1v) is 6.70. The lowest BCUT2D eigenvalue weighted by atomic mass is 10.1. The number of halogens is 1. The van der Waals surface area contributed by atoms with Gasteiger partial charge in [-0.1, -0.05) is 11.6 Å². The van der Waals surface area contributed by atoms with Crippen LogP contribution in [0.3, 0.4) is 0 Å². The van der Waals surface area contributed by atoms with Gasteiger partial charge < -0.3 is 10.5 Å². The number of aromatic nitrogens is 2. The number of benzene rings is 1. The number of hydrogen-bond donors (Lipinski definition) is 1. The van der Waals surface area contributed by atoms with Gasteiger partial charge in [0.05, 0.1) is 23.5 Å². The fourth-order valence-corrected chi connectivity index (χ4v) is 2.00. The van der Waals surface area contributed by atoms with Crippen molar-refractivity contribution in [1.29, 1.82) is 0 Å². The van der Waals surface area contributed by atoms with Crippen molar-refractivity contribution in [2.45, 2.75) is 6.92 Å². The van der Waals surface area contributed by atoms with E-state index in [4.69, 9.17) is 22.1 Å². The van der Waals surface area contributed by atoms with E-state index >= 15 is 0 Å². The van der Waals surface area contributed by atoms with E-state index in [0.717, 1.165) is 0 Å². The van der Waals surface area contributed by atoms with Gasteiger partial charge in [0.25, 0.3) is 0 Å². The summed E-state index contributed by atoms with van der Waals surface area (Å²) < 4.78 is 4.83. The van der Waals surface area contributed by atoms with Crippen LogP contribution in [0, 0.1) is 0 Å². The van der Waals surface area contributed by atoms with Crippen molar-refractivity contribution in [1.82, 2.24) is 9.97 Å². The van der Waals surface area contributed by atoms with Gasteiger partial charge in [0.1, 0.15) is 0 Å². The van der Waals surface area contributed by atoms with Crippen LogP contribution in [0.15, 0.2) is 36.8 Å². The molecule has 1 heterocycles. The summed E-state index contributed by atoms with van der Waals surface area (Å²) in [5, 5.41) is 0.473. The van der Waals surface area contributed by atoms with Crippen LogP contribution in [0.1, 0.15) is 12.5 Å². The average Bonchev–Trinajstić information content (AvgIpc) is 2.47. The second kappa shape index (κ2) is 6.85. The minimum Gasteiger partial charge on any atom is -0.463 e. The molecule has 2 N–H and O–H groups in total. The van der Waals surface area contributed by atoms with Gasteiger partial charge in [0.2, 0.25) is 0 Å². The zero-order valence-electron chi connectivity index (χ0n) is 11.4. The number of carbonyl (C=O) groups excluding carboxylic acids is 1. The molecule has 0 unspecified atom stereocenters. The summed E-state index contributed by atoms with van der Waals surface area (Å²) in [6.45, 7) is 2.07. The second-order valence-electron chi connectivity index (χ2n) is 4.14. The lowest BCUT2D eigenvalue weighted by Crippen LogP contribution is -1.99. The van der Waals surface area contributed by atoms with Gasteiger partial charge in [0, 0.05) is 29.7 Å². The Kier molecular flexibility index (Phi) is 4.90. The first-order chi connectivity index (χ1) is 10.1. The molecule has 0 aliphatic carbocycles. The highest BCUT2D eigenvalue weighted by atomic mass is 35.5. The van der Waals surface area contributed by atoms with Crippen molar-refractivity contribution in [2.24, 2.45) is 0 Å². The molecule has 0 atom stereocenters. The number of nitrogens with zero attached hydrogens (tertiary/aromatic N) is 2. The molecule has 1 aromatic heterocycles. The normalized spacial score (nSPS) is 10.8. The Bertz CT molecular complexity index is 672. The molecule has 0 saturated heterocycles. The van der Waals surface area contributed by atoms with Gasteiger partial charge in [-0.3, -0.25) is 9.97 Å². The molecule has 2 rings (SSSR count). The smallest absolute Gasteiger partial charge is 0.330 e. The van der Waals surface area contributed by atoms with Crippen molar-refractivity contribution in [3.63, 3.8) is 0 Å². The monoisotopic (exact) mass is 303 g/mol. The number of hydrogen-bond acceptors (Lipinski definition) is 5. The highest BCUT2D eigenvalue weighted by Gasteiger charge is 2.09. The van der Waals surface area contributed by atoms with E-state index < -0.39 is 5.97 Å². The molecular formula is C15H14ClN3O2. The SMILES string of the molecule is CCOC(=O)/C=C/c1cc(-c2cnccn2)c(Cl)cc1N. The third-order valence-electron chi connectivity index (χ3n) is 2.70. The summed E-state index contributed by atoms with van der Waals surface area (Å²) in [4.78, 5) is 19.6. The van der Waals surface area contributed by atoms with E-state index in [-0.39, 0.29) is 0 Å².